The Hall–Kier alpha value is -0.870. The van der Waals surface area contributed by atoms with Crippen LogP contribution in [0, 0.1) is 0 Å². The van der Waals surface area contributed by atoms with Crippen molar-refractivity contribution in [2.45, 2.75) is 18.9 Å². The molecule has 3 N–H and O–H groups in total. The highest BCUT2D eigenvalue weighted by molar-refractivity contribution is 5.05. The average molecular weight is 180 g/mol. The van der Waals surface area contributed by atoms with E-state index in [0.29, 0.717) is 6.04 Å². The van der Waals surface area contributed by atoms with Crippen LogP contribution in [0.25, 0.3) is 0 Å². The van der Waals surface area contributed by atoms with E-state index in [0.717, 1.165) is 32.5 Å². The number of nitrogens with two attached hydrogens (primary N) is 1. The van der Waals surface area contributed by atoms with Crippen LogP contribution in [0.3, 0.4) is 0 Å². The Kier molecular flexibility index (Phi) is 2.61. The zero-order valence-electron chi connectivity index (χ0n) is 7.74. The van der Waals surface area contributed by atoms with Gasteiger partial charge in [-0.15, -0.1) is 0 Å². The van der Waals surface area contributed by atoms with Gasteiger partial charge in [-0.2, -0.15) is 5.10 Å². The minimum Gasteiger partial charge on any atom is -0.330 e. The van der Waals surface area contributed by atoms with Gasteiger partial charge in [0.25, 0.3) is 0 Å². The Labute approximate surface area is 78.1 Å². The first-order valence-electron chi connectivity index (χ1n) is 4.84. The van der Waals surface area contributed by atoms with Gasteiger partial charge < -0.3 is 11.1 Å². The van der Waals surface area contributed by atoms with Gasteiger partial charge in [0.1, 0.15) is 0 Å². The second kappa shape index (κ2) is 3.89. The first-order valence-corrected chi connectivity index (χ1v) is 4.84. The van der Waals surface area contributed by atoms with Gasteiger partial charge in [-0.3, -0.25) is 4.68 Å². The maximum absolute atomic E-state index is 5.44. The van der Waals surface area contributed by atoms with Crippen LogP contribution in [0.2, 0.25) is 0 Å². The zero-order valence-corrected chi connectivity index (χ0v) is 7.74. The van der Waals surface area contributed by atoms with Crippen molar-refractivity contribution in [3.8, 4) is 0 Å². The number of nitrogens with zero attached hydrogens (tertiary/aromatic N) is 2. The first kappa shape index (κ1) is 8.72. The third-order valence-corrected chi connectivity index (χ3v) is 2.46. The molecule has 1 fully saturated rings. The lowest BCUT2D eigenvalue weighted by molar-refractivity contribution is 0.318. The van der Waals surface area contributed by atoms with Crippen LogP contribution >= 0.6 is 0 Å². The molecule has 0 saturated carbocycles. The first-order chi connectivity index (χ1) is 6.40. The molecular weight excluding hydrogens is 164 g/mol. The largest absolute Gasteiger partial charge is 0.330 e. The van der Waals surface area contributed by atoms with Crippen molar-refractivity contribution in [2.75, 3.05) is 19.6 Å². The van der Waals surface area contributed by atoms with Crippen molar-refractivity contribution >= 4 is 0 Å². The predicted molar refractivity (Wildman–Crippen MR) is 51.5 cm³/mol. The van der Waals surface area contributed by atoms with E-state index in [4.69, 9.17) is 5.73 Å². The molecular formula is C9H16N4. The number of hydrogen-bond acceptors (Lipinski definition) is 3. The monoisotopic (exact) mass is 180 g/mol. The summed E-state index contributed by atoms with van der Waals surface area (Å²) in [6.45, 7) is 2.87. The van der Waals surface area contributed by atoms with Crippen molar-refractivity contribution in [1.29, 1.82) is 0 Å². The van der Waals surface area contributed by atoms with E-state index in [9.17, 15) is 0 Å². The van der Waals surface area contributed by atoms with Crippen molar-refractivity contribution in [1.82, 2.24) is 15.1 Å². The van der Waals surface area contributed by atoms with Crippen LogP contribution in [0.1, 0.15) is 18.0 Å². The smallest absolute Gasteiger partial charge is 0.0767 e. The standard InChI is InChI=1S/C9H16N4/c10-3-1-2-8-4-12-13(7-8)9-5-11-6-9/h4,7,9,11H,1-3,5-6,10H2. The molecule has 2 rings (SSSR count). The van der Waals surface area contributed by atoms with Gasteiger partial charge in [-0.25, -0.2) is 0 Å². The molecule has 0 amide bonds. The molecule has 0 bridgehead atoms. The van der Waals surface area contributed by atoms with E-state index in [-0.39, 0.29) is 0 Å². The Morgan fingerprint density at radius 2 is 2.46 bits per heavy atom. The van der Waals surface area contributed by atoms with Crippen molar-refractivity contribution in [3.05, 3.63) is 18.0 Å². The van der Waals surface area contributed by atoms with Gasteiger partial charge in [0.15, 0.2) is 0 Å². The lowest BCUT2D eigenvalue weighted by Crippen LogP contribution is -2.43. The van der Waals surface area contributed by atoms with E-state index in [2.05, 4.69) is 21.3 Å². The maximum atomic E-state index is 5.44. The normalized spacial score (nSPS) is 17.3. The summed E-state index contributed by atoms with van der Waals surface area (Å²) < 4.78 is 2.06. The Balaban J connectivity index is 1.92. The van der Waals surface area contributed by atoms with Crippen LogP contribution in [-0.2, 0) is 6.42 Å². The minimum atomic E-state index is 0.576. The van der Waals surface area contributed by atoms with E-state index in [1.165, 1.54) is 5.56 Å². The highest BCUT2D eigenvalue weighted by Gasteiger charge is 2.18. The van der Waals surface area contributed by atoms with Gasteiger partial charge >= 0.3 is 0 Å². The molecule has 4 nitrogen and oxygen atoms in total. The summed E-state index contributed by atoms with van der Waals surface area (Å²) in [5.41, 5.74) is 6.75. The van der Waals surface area contributed by atoms with Crippen molar-refractivity contribution < 1.29 is 0 Å². The molecule has 0 unspecified atom stereocenters. The highest BCUT2D eigenvalue weighted by Crippen LogP contribution is 2.11. The zero-order chi connectivity index (χ0) is 9.10. The molecule has 0 radical (unpaired) electrons. The maximum Gasteiger partial charge on any atom is 0.0767 e. The van der Waals surface area contributed by atoms with E-state index in [1.54, 1.807) is 0 Å². The molecule has 0 aliphatic carbocycles. The van der Waals surface area contributed by atoms with E-state index >= 15 is 0 Å². The summed E-state index contributed by atoms with van der Waals surface area (Å²) in [6.07, 6.45) is 6.19. The number of aryl methyl sites for hydroxylation is 1. The fourth-order valence-electron chi connectivity index (χ4n) is 1.47. The Morgan fingerprint density at radius 1 is 1.62 bits per heavy atom. The minimum absolute atomic E-state index is 0.576. The molecule has 1 saturated heterocycles. The molecule has 0 spiro atoms. The molecule has 1 aromatic rings. The van der Waals surface area contributed by atoms with E-state index < -0.39 is 0 Å². The summed E-state index contributed by atoms with van der Waals surface area (Å²) in [6, 6.07) is 0.576. The summed E-state index contributed by atoms with van der Waals surface area (Å²) in [4.78, 5) is 0. The SMILES string of the molecule is NCCCc1cnn(C2CNC2)c1. The molecule has 2 heterocycles. The fourth-order valence-corrected chi connectivity index (χ4v) is 1.47. The van der Waals surface area contributed by atoms with Gasteiger partial charge in [0, 0.05) is 19.3 Å². The molecule has 13 heavy (non-hydrogen) atoms. The second-order valence-corrected chi connectivity index (χ2v) is 3.53. The van der Waals surface area contributed by atoms with Gasteiger partial charge in [0.05, 0.1) is 12.2 Å². The van der Waals surface area contributed by atoms with Crippen LogP contribution in [0.4, 0.5) is 0 Å². The topological polar surface area (TPSA) is 55.9 Å². The second-order valence-electron chi connectivity index (χ2n) is 3.53. The molecule has 1 aromatic heterocycles. The van der Waals surface area contributed by atoms with Gasteiger partial charge in [0.2, 0.25) is 0 Å². The molecule has 0 aromatic carbocycles. The Morgan fingerprint density at radius 3 is 3.08 bits per heavy atom. The Bertz CT molecular complexity index is 264. The summed E-state index contributed by atoms with van der Waals surface area (Å²) >= 11 is 0. The van der Waals surface area contributed by atoms with Gasteiger partial charge in [-0.05, 0) is 24.9 Å². The summed E-state index contributed by atoms with van der Waals surface area (Å²) in [5, 5.41) is 7.56. The quantitative estimate of drug-likeness (QED) is 0.681. The van der Waals surface area contributed by atoms with E-state index in [1.807, 2.05) is 6.20 Å². The van der Waals surface area contributed by atoms with Gasteiger partial charge in [-0.1, -0.05) is 0 Å². The summed E-state index contributed by atoms with van der Waals surface area (Å²) in [7, 11) is 0. The molecule has 72 valence electrons. The number of nitrogens with one attached hydrogen (secondary N) is 1. The lowest BCUT2D eigenvalue weighted by Gasteiger charge is -2.27. The highest BCUT2D eigenvalue weighted by atomic mass is 15.3. The van der Waals surface area contributed by atoms with Crippen LogP contribution in [0.15, 0.2) is 12.4 Å². The molecule has 0 atom stereocenters. The average Bonchev–Trinajstić information content (AvgIpc) is 2.46. The van der Waals surface area contributed by atoms with Crippen molar-refractivity contribution in [2.24, 2.45) is 5.73 Å². The molecule has 4 heteroatoms. The summed E-state index contributed by atoms with van der Waals surface area (Å²) in [5.74, 6) is 0. The predicted octanol–water partition coefficient (Wildman–Crippen LogP) is -0.0813. The molecule has 1 aliphatic rings. The lowest BCUT2D eigenvalue weighted by atomic mass is 10.2. The fraction of sp³-hybridized carbons (Fsp3) is 0.667. The van der Waals surface area contributed by atoms with Crippen LogP contribution in [-0.4, -0.2) is 29.4 Å². The number of aromatic nitrogens is 2. The third-order valence-electron chi connectivity index (χ3n) is 2.46. The number of rotatable bonds is 4. The number of hydrogen-bond donors (Lipinski definition) is 2. The van der Waals surface area contributed by atoms with Crippen LogP contribution in [0.5, 0.6) is 0 Å². The third kappa shape index (κ3) is 1.89. The van der Waals surface area contributed by atoms with Crippen molar-refractivity contribution in [3.63, 3.8) is 0 Å². The van der Waals surface area contributed by atoms with Crippen LogP contribution < -0.4 is 11.1 Å². The molecule has 1 aliphatic heterocycles.